The average molecular weight is 401 g/mol. The van der Waals surface area contributed by atoms with Crippen LogP contribution in [0.25, 0.3) is 0 Å². The zero-order valence-corrected chi connectivity index (χ0v) is 16.5. The van der Waals surface area contributed by atoms with Crippen molar-refractivity contribution in [2.45, 2.75) is 18.0 Å². The minimum Gasteiger partial charge on any atom is -0.337 e. The van der Waals surface area contributed by atoms with E-state index in [4.69, 9.17) is 0 Å². The van der Waals surface area contributed by atoms with Gasteiger partial charge >= 0.3 is 0 Å². The van der Waals surface area contributed by atoms with Crippen LogP contribution in [0.4, 0.5) is 0 Å². The molecule has 1 amide bonds. The Morgan fingerprint density at radius 1 is 1.04 bits per heavy atom. The molecule has 0 saturated carbocycles. The summed E-state index contributed by atoms with van der Waals surface area (Å²) in [5.41, 5.74) is 1.21. The van der Waals surface area contributed by atoms with E-state index in [1.165, 1.54) is 12.1 Å². The average Bonchev–Trinajstić information content (AvgIpc) is 3.20. The lowest BCUT2D eigenvalue weighted by Gasteiger charge is -2.17. The lowest BCUT2D eigenvalue weighted by molar-refractivity contribution is 0.0786. The van der Waals surface area contributed by atoms with E-state index in [1.54, 1.807) is 35.4 Å². The molecule has 0 unspecified atom stereocenters. The van der Waals surface area contributed by atoms with Crippen molar-refractivity contribution in [3.63, 3.8) is 0 Å². The summed E-state index contributed by atoms with van der Waals surface area (Å²) < 4.78 is 27.7. The van der Waals surface area contributed by atoms with Gasteiger partial charge in [-0.25, -0.2) is 13.1 Å². The number of nitrogens with one attached hydrogen (secondary N) is 1. The third-order valence-corrected chi connectivity index (χ3v) is 6.28. The standard InChI is InChI=1S/C20H20N2O3S2/c1-22(15-18-10-6-12-26-18)20(23)17-9-5-11-19(13-17)27(24,25)21-14-16-7-3-2-4-8-16/h2-13,21H,14-15H2,1H3. The minimum atomic E-state index is -3.71. The van der Waals surface area contributed by atoms with Crippen molar-refractivity contribution < 1.29 is 13.2 Å². The van der Waals surface area contributed by atoms with Crippen molar-refractivity contribution >= 4 is 27.3 Å². The SMILES string of the molecule is CN(Cc1cccs1)C(=O)c1cccc(S(=O)(=O)NCc2ccccc2)c1. The Morgan fingerprint density at radius 2 is 1.81 bits per heavy atom. The summed E-state index contributed by atoms with van der Waals surface area (Å²) in [7, 11) is -2.00. The van der Waals surface area contributed by atoms with Gasteiger partial charge in [-0.05, 0) is 35.2 Å². The van der Waals surface area contributed by atoms with Gasteiger partial charge in [-0.15, -0.1) is 11.3 Å². The van der Waals surface area contributed by atoms with Crippen LogP contribution in [-0.2, 0) is 23.1 Å². The van der Waals surface area contributed by atoms with Gasteiger partial charge in [0.25, 0.3) is 5.91 Å². The van der Waals surface area contributed by atoms with E-state index in [1.807, 2.05) is 47.8 Å². The number of thiophene rings is 1. The molecular formula is C20H20N2O3S2. The van der Waals surface area contributed by atoms with Crippen LogP contribution < -0.4 is 4.72 Å². The molecule has 0 saturated heterocycles. The molecule has 2 aromatic carbocycles. The fourth-order valence-corrected chi connectivity index (χ4v) is 4.40. The quantitative estimate of drug-likeness (QED) is 0.660. The van der Waals surface area contributed by atoms with Crippen molar-refractivity contribution in [2.75, 3.05) is 7.05 Å². The lowest BCUT2D eigenvalue weighted by Crippen LogP contribution is -2.27. The van der Waals surface area contributed by atoms with Crippen LogP contribution in [0.15, 0.2) is 77.0 Å². The van der Waals surface area contributed by atoms with Crippen molar-refractivity contribution in [3.05, 3.63) is 88.1 Å². The number of nitrogens with zero attached hydrogens (tertiary/aromatic N) is 1. The Labute approximate surface area is 163 Å². The number of sulfonamides is 1. The predicted molar refractivity (Wildman–Crippen MR) is 107 cm³/mol. The summed E-state index contributed by atoms with van der Waals surface area (Å²) in [6.45, 7) is 0.680. The topological polar surface area (TPSA) is 66.5 Å². The molecule has 7 heteroatoms. The molecule has 0 spiro atoms. The van der Waals surface area contributed by atoms with Gasteiger partial charge in [-0.3, -0.25) is 4.79 Å². The highest BCUT2D eigenvalue weighted by Crippen LogP contribution is 2.16. The molecular weight excluding hydrogens is 380 g/mol. The lowest BCUT2D eigenvalue weighted by atomic mass is 10.2. The van der Waals surface area contributed by atoms with Crippen LogP contribution in [-0.4, -0.2) is 26.3 Å². The number of amides is 1. The maximum atomic E-state index is 12.6. The second kappa shape index (κ2) is 8.47. The van der Waals surface area contributed by atoms with Crippen LogP contribution in [0, 0.1) is 0 Å². The Hall–Kier alpha value is -2.48. The highest BCUT2D eigenvalue weighted by molar-refractivity contribution is 7.89. The minimum absolute atomic E-state index is 0.0776. The molecule has 0 bridgehead atoms. The van der Waals surface area contributed by atoms with E-state index in [0.29, 0.717) is 12.1 Å². The van der Waals surface area contributed by atoms with Gasteiger partial charge in [0.15, 0.2) is 0 Å². The number of hydrogen-bond donors (Lipinski definition) is 1. The van der Waals surface area contributed by atoms with Gasteiger partial charge in [0, 0.05) is 24.0 Å². The van der Waals surface area contributed by atoms with Crippen molar-refractivity contribution in [2.24, 2.45) is 0 Å². The zero-order valence-electron chi connectivity index (χ0n) is 14.8. The van der Waals surface area contributed by atoms with E-state index in [9.17, 15) is 13.2 Å². The van der Waals surface area contributed by atoms with E-state index >= 15 is 0 Å². The first kappa shape index (κ1) is 19.3. The monoisotopic (exact) mass is 400 g/mol. The van der Waals surface area contributed by atoms with Crippen LogP contribution >= 0.6 is 11.3 Å². The van der Waals surface area contributed by atoms with Crippen molar-refractivity contribution in [1.82, 2.24) is 9.62 Å². The largest absolute Gasteiger partial charge is 0.337 e. The number of benzene rings is 2. The van der Waals surface area contributed by atoms with Crippen molar-refractivity contribution in [3.8, 4) is 0 Å². The third-order valence-electron chi connectivity index (χ3n) is 4.02. The summed E-state index contributed by atoms with van der Waals surface area (Å²) in [6, 6.07) is 19.3. The Kier molecular flexibility index (Phi) is 6.05. The molecule has 3 aromatic rings. The highest BCUT2D eigenvalue weighted by Gasteiger charge is 2.18. The summed E-state index contributed by atoms with van der Waals surface area (Å²) in [5.74, 6) is -0.219. The van der Waals surface area contributed by atoms with Crippen LogP contribution in [0.5, 0.6) is 0 Å². The zero-order chi connectivity index (χ0) is 19.3. The number of hydrogen-bond acceptors (Lipinski definition) is 4. The molecule has 5 nitrogen and oxygen atoms in total. The first-order valence-electron chi connectivity index (χ1n) is 8.37. The molecule has 0 aliphatic heterocycles. The molecule has 0 aliphatic rings. The molecule has 0 radical (unpaired) electrons. The maximum Gasteiger partial charge on any atom is 0.253 e. The second-order valence-corrected chi connectivity index (χ2v) is 8.88. The van der Waals surface area contributed by atoms with E-state index in [2.05, 4.69) is 4.72 Å². The van der Waals surface area contributed by atoms with Gasteiger partial charge in [-0.1, -0.05) is 42.5 Å². The normalized spacial score (nSPS) is 11.3. The molecule has 1 heterocycles. The Morgan fingerprint density at radius 3 is 2.52 bits per heavy atom. The summed E-state index contributed by atoms with van der Waals surface area (Å²) in [6.07, 6.45) is 0. The Bertz CT molecular complexity index is 1000. The summed E-state index contributed by atoms with van der Waals surface area (Å²) in [4.78, 5) is 15.4. The summed E-state index contributed by atoms with van der Waals surface area (Å²) >= 11 is 1.58. The predicted octanol–water partition coefficient (Wildman–Crippen LogP) is 3.50. The van der Waals surface area contributed by atoms with Crippen LogP contribution in [0.3, 0.4) is 0 Å². The van der Waals surface area contributed by atoms with E-state index in [0.717, 1.165) is 10.4 Å². The maximum absolute atomic E-state index is 12.6. The van der Waals surface area contributed by atoms with Gasteiger partial charge < -0.3 is 4.90 Å². The summed E-state index contributed by atoms with van der Waals surface area (Å²) in [5, 5.41) is 1.96. The van der Waals surface area contributed by atoms with Crippen LogP contribution in [0.2, 0.25) is 0 Å². The van der Waals surface area contributed by atoms with Crippen molar-refractivity contribution in [1.29, 1.82) is 0 Å². The molecule has 27 heavy (non-hydrogen) atoms. The van der Waals surface area contributed by atoms with Crippen LogP contribution in [0.1, 0.15) is 20.8 Å². The first-order chi connectivity index (χ1) is 13.0. The number of rotatable bonds is 7. The molecule has 0 atom stereocenters. The van der Waals surface area contributed by atoms with Gasteiger partial charge in [0.2, 0.25) is 10.0 Å². The van der Waals surface area contributed by atoms with Gasteiger partial charge in [0.1, 0.15) is 0 Å². The molecule has 140 valence electrons. The second-order valence-electron chi connectivity index (χ2n) is 6.08. The molecule has 3 rings (SSSR count). The first-order valence-corrected chi connectivity index (χ1v) is 10.7. The highest BCUT2D eigenvalue weighted by atomic mass is 32.2. The molecule has 0 aliphatic carbocycles. The fraction of sp³-hybridized carbons (Fsp3) is 0.150. The van der Waals surface area contributed by atoms with E-state index < -0.39 is 10.0 Å². The number of carbonyl (C=O) groups is 1. The van der Waals surface area contributed by atoms with Gasteiger partial charge in [0.05, 0.1) is 11.4 Å². The molecule has 1 N–H and O–H groups in total. The molecule has 0 fully saturated rings. The van der Waals surface area contributed by atoms with Gasteiger partial charge in [-0.2, -0.15) is 0 Å². The smallest absolute Gasteiger partial charge is 0.253 e. The van der Waals surface area contributed by atoms with E-state index in [-0.39, 0.29) is 17.3 Å². The molecule has 1 aromatic heterocycles. The third kappa shape index (κ3) is 5.03. The fourth-order valence-electron chi connectivity index (χ4n) is 2.58. The Balaban J connectivity index is 1.72. The number of carbonyl (C=O) groups excluding carboxylic acids is 1.